The molecular formula is C25H19FO. The molecule has 0 aliphatic heterocycles. The second-order valence-corrected chi connectivity index (χ2v) is 6.26. The molecule has 0 radical (unpaired) electrons. The van der Waals surface area contributed by atoms with Crippen molar-refractivity contribution in [2.24, 2.45) is 0 Å². The number of ether oxygens (including phenoxy) is 1. The van der Waals surface area contributed by atoms with Crippen molar-refractivity contribution in [3.05, 3.63) is 99.9 Å². The van der Waals surface area contributed by atoms with E-state index >= 15 is 0 Å². The average molecular weight is 354 g/mol. The van der Waals surface area contributed by atoms with Crippen molar-refractivity contribution in [3.8, 4) is 29.4 Å². The van der Waals surface area contributed by atoms with Gasteiger partial charge in [-0.2, -0.15) is 0 Å². The summed E-state index contributed by atoms with van der Waals surface area (Å²) in [5.41, 5.74) is 4.92. The fraction of sp³-hybridized carbons (Fsp3) is 0.120. The lowest BCUT2D eigenvalue weighted by molar-refractivity contribution is 0.413. The Balaban J connectivity index is 1.87. The quantitative estimate of drug-likeness (QED) is 0.542. The molecule has 2 heteroatoms. The third-order valence-corrected chi connectivity index (χ3v) is 4.06. The molecule has 0 heterocycles. The number of rotatable bonds is 1. The van der Waals surface area contributed by atoms with Crippen molar-refractivity contribution < 1.29 is 9.13 Å². The van der Waals surface area contributed by atoms with Crippen LogP contribution in [0, 0.1) is 43.3 Å². The summed E-state index contributed by atoms with van der Waals surface area (Å²) >= 11 is 0. The van der Waals surface area contributed by atoms with Gasteiger partial charge < -0.3 is 4.74 Å². The topological polar surface area (TPSA) is 9.23 Å². The molecule has 0 saturated heterocycles. The molecule has 0 aromatic heterocycles. The van der Waals surface area contributed by atoms with E-state index in [4.69, 9.17) is 4.74 Å². The zero-order chi connectivity index (χ0) is 19.2. The van der Waals surface area contributed by atoms with Crippen molar-refractivity contribution in [1.82, 2.24) is 0 Å². The van der Waals surface area contributed by atoms with Gasteiger partial charge in [-0.05, 0) is 61.9 Å². The molecule has 0 aliphatic rings. The number of halogens is 1. The molecule has 27 heavy (non-hydrogen) atoms. The first-order valence-corrected chi connectivity index (χ1v) is 8.60. The molecule has 0 aliphatic carbocycles. The highest BCUT2D eigenvalue weighted by Crippen LogP contribution is 2.19. The third-order valence-electron chi connectivity index (χ3n) is 4.06. The maximum atomic E-state index is 13.9. The molecule has 1 nitrogen and oxygen atoms in total. The molecule has 3 aromatic carbocycles. The lowest BCUT2D eigenvalue weighted by atomic mass is 10.1. The molecular weight excluding hydrogens is 335 g/mol. The molecule has 0 saturated carbocycles. The summed E-state index contributed by atoms with van der Waals surface area (Å²) in [5, 5.41) is 0. The Bertz CT molecular complexity index is 1090. The summed E-state index contributed by atoms with van der Waals surface area (Å²) in [7, 11) is 1.60. The predicted molar refractivity (Wildman–Crippen MR) is 107 cm³/mol. The van der Waals surface area contributed by atoms with Crippen LogP contribution in [0.3, 0.4) is 0 Å². The van der Waals surface area contributed by atoms with Gasteiger partial charge in [0.25, 0.3) is 0 Å². The number of hydrogen-bond acceptors (Lipinski definition) is 1. The zero-order valence-electron chi connectivity index (χ0n) is 15.6. The highest BCUT2D eigenvalue weighted by molar-refractivity contribution is 5.54. The minimum Gasteiger partial charge on any atom is -0.495 e. The van der Waals surface area contributed by atoms with Gasteiger partial charge in [0, 0.05) is 11.1 Å². The van der Waals surface area contributed by atoms with Gasteiger partial charge in [0.15, 0.2) is 0 Å². The van der Waals surface area contributed by atoms with Gasteiger partial charge in [-0.15, -0.1) is 0 Å². The zero-order valence-corrected chi connectivity index (χ0v) is 15.6. The van der Waals surface area contributed by atoms with Crippen LogP contribution in [-0.4, -0.2) is 7.11 Å². The second-order valence-electron chi connectivity index (χ2n) is 6.26. The van der Waals surface area contributed by atoms with E-state index in [0.29, 0.717) is 11.3 Å². The Kier molecular flexibility index (Phi) is 5.60. The van der Waals surface area contributed by atoms with E-state index in [1.165, 1.54) is 11.6 Å². The second kappa shape index (κ2) is 8.26. The van der Waals surface area contributed by atoms with E-state index in [0.717, 1.165) is 22.3 Å². The Hall–Kier alpha value is -3.49. The van der Waals surface area contributed by atoms with Crippen molar-refractivity contribution in [1.29, 1.82) is 0 Å². The van der Waals surface area contributed by atoms with Gasteiger partial charge in [0.2, 0.25) is 0 Å². The first-order chi connectivity index (χ1) is 13.0. The van der Waals surface area contributed by atoms with Gasteiger partial charge in [0.05, 0.1) is 18.2 Å². The van der Waals surface area contributed by atoms with Crippen LogP contribution in [0.15, 0.2) is 60.7 Å². The molecule has 0 atom stereocenters. The van der Waals surface area contributed by atoms with Crippen molar-refractivity contribution in [3.63, 3.8) is 0 Å². The Morgan fingerprint density at radius 3 is 1.96 bits per heavy atom. The predicted octanol–water partition coefficient (Wildman–Crippen LogP) is 5.25. The summed E-state index contributed by atoms with van der Waals surface area (Å²) in [6.07, 6.45) is 0. The lowest BCUT2D eigenvalue weighted by Crippen LogP contribution is -1.90. The monoisotopic (exact) mass is 354 g/mol. The fourth-order valence-electron chi connectivity index (χ4n) is 2.51. The summed E-state index contributed by atoms with van der Waals surface area (Å²) in [6.45, 7) is 3.89. The molecule has 0 bridgehead atoms. The van der Waals surface area contributed by atoms with E-state index < -0.39 is 0 Å². The summed E-state index contributed by atoms with van der Waals surface area (Å²) in [6, 6.07) is 18.6. The fourth-order valence-corrected chi connectivity index (χ4v) is 2.51. The van der Waals surface area contributed by atoms with Crippen LogP contribution in [0.4, 0.5) is 4.39 Å². The first-order valence-electron chi connectivity index (χ1n) is 8.60. The first kappa shape index (κ1) is 18.3. The largest absolute Gasteiger partial charge is 0.495 e. The standard InChI is InChI=1S/C25H19FO/c1-18-4-7-20(8-5-18)9-14-23-15-11-21(17-25(23)27-3)10-13-22-12-6-19(2)16-24(22)26/h4-8,11-12,15-17H,1-3H3. The highest BCUT2D eigenvalue weighted by atomic mass is 19.1. The summed E-state index contributed by atoms with van der Waals surface area (Å²) in [4.78, 5) is 0. The SMILES string of the molecule is COc1cc(C#Cc2ccc(C)cc2F)ccc1C#Cc1ccc(C)cc1. The Labute approximate surface area is 159 Å². The average Bonchev–Trinajstić information content (AvgIpc) is 2.67. The van der Waals surface area contributed by atoms with E-state index in [2.05, 4.69) is 23.7 Å². The van der Waals surface area contributed by atoms with Gasteiger partial charge in [-0.3, -0.25) is 0 Å². The molecule has 3 rings (SSSR count). The molecule has 0 N–H and O–H groups in total. The maximum Gasteiger partial charge on any atom is 0.139 e. The van der Waals surface area contributed by atoms with Gasteiger partial charge in [-0.1, -0.05) is 47.4 Å². The molecule has 3 aromatic rings. The van der Waals surface area contributed by atoms with Crippen LogP contribution in [0.1, 0.15) is 33.4 Å². The number of benzene rings is 3. The minimum atomic E-state index is -0.310. The number of hydrogen-bond donors (Lipinski definition) is 0. The van der Waals surface area contributed by atoms with Crippen molar-refractivity contribution in [2.75, 3.05) is 7.11 Å². The van der Waals surface area contributed by atoms with Crippen LogP contribution in [-0.2, 0) is 0 Å². The van der Waals surface area contributed by atoms with Gasteiger partial charge in [0.1, 0.15) is 11.6 Å². The molecule has 0 amide bonds. The molecule has 132 valence electrons. The normalized spacial score (nSPS) is 9.63. The Morgan fingerprint density at radius 1 is 0.667 bits per heavy atom. The van der Waals surface area contributed by atoms with Crippen LogP contribution in [0.5, 0.6) is 5.75 Å². The van der Waals surface area contributed by atoms with Crippen LogP contribution in [0.25, 0.3) is 0 Å². The molecule has 0 spiro atoms. The summed E-state index contributed by atoms with van der Waals surface area (Å²) < 4.78 is 19.3. The van der Waals surface area contributed by atoms with E-state index in [9.17, 15) is 4.39 Å². The summed E-state index contributed by atoms with van der Waals surface area (Å²) in [5.74, 6) is 12.5. The van der Waals surface area contributed by atoms with E-state index in [-0.39, 0.29) is 5.82 Å². The lowest BCUT2D eigenvalue weighted by Gasteiger charge is -2.03. The van der Waals surface area contributed by atoms with Crippen molar-refractivity contribution in [2.45, 2.75) is 13.8 Å². The van der Waals surface area contributed by atoms with Crippen LogP contribution < -0.4 is 4.74 Å². The van der Waals surface area contributed by atoms with Crippen LogP contribution >= 0.6 is 0 Å². The maximum absolute atomic E-state index is 13.9. The third kappa shape index (κ3) is 4.78. The van der Waals surface area contributed by atoms with Gasteiger partial charge >= 0.3 is 0 Å². The minimum absolute atomic E-state index is 0.310. The number of aryl methyl sites for hydroxylation is 2. The van der Waals surface area contributed by atoms with E-state index in [1.807, 2.05) is 62.4 Å². The van der Waals surface area contributed by atoms with Crippen molar-refractivity contribution >= 4 is 0 Å². The van der Waals surface area contributed by atoms with Gasteiger partial charge in [-0.25, -0.2) is 4.39 Å². The van der Waals surface area contributed by atoms with Crippen LogP contribution in [0.2, 0.25) is 0 Å². The molecule has 0 fully saturated rings. The highest BCUT2D eigenvalue weighted by Gasteiger charge is 2.02. The molecule has 0 unspecified atom stereocenters. The van der Waals surface area contributed by atoms with E-state index in [1.54, 1.807) is 13.2 Å². The number of methoxy groups -OCH3 is 1. The smallest absolute Gasteiger partial charge is 0.139 e. The Morgan fingerprint density at radius 2 is 1.26 bits per heavy atom.